The first-order valence-electron chi connectivity index (χ1n) is 6.10. The zero-order valence-corrected chi connectivity index (χ0v) is 12.1. The van der Waals surface area contributed by atoms with Gasteiger partial charge < -0.3 is 10.3 Å². The van der Waals surface area contributed by atoms with Crippen molar-refractivity contribution in [1.29, 1.82) is 0 Å². The van der Waals surface area contributed by atoms with E-state index in [-0.39, 0.29) is 0 Å². The van der Waals surface area contributed by atoms with Gasteiger partial charge in [-0.25, -0.2) is 4.98 Å². The lowest BCUT2D eigenvalue weighted by Gasteiger charge is -2.01. The molecule has 0 unspecified atom stereocenters. The van der Waals surface area contributed by atoms with Crippen LogP contribution >= 0.6 is 22.9 Å². The van der Waals surface area contributed by atoms with Crippen molar-refractivity contribution in [1.82, 2.24) is 15.3 Å². The molecule has 2 heterocycles. The summed E-state index contributed by atoms with van der Waals surface area (Å²) in [6.45, 7) is 3.70. The highest BCUT2D eigenvalue weighted by atomic mass is 35.5. The van der Waals surface area contributed by atoms with E-state index in [2.05, 4.69) is 28.3 Å². The molecular weight excluding hydrogens is 278 g/mol. The number of hydrogen-bond donors (Lipinski definition) is 2. The Kier molecular flexibility index (Phi) is 3.55. The third kappa shape index (κ3) is 2.81. The van der Waals surface area contributed by atoms with Crippen LogP contribution < -0.4 is 5.32 Å². The number of halogens is 1. The van der Waals surface area contributed by atoms with Gasteiger partial charge in [0.1, 0.15) is 5.01 Å². The number of H-pyrrole nitrogens is 1. The molecule has 3 aromatic rings. The van der Waals surface area contributed by atoms with E-state index >= 15 is 0 Å². The number of aromatic amines is 1. The van der Waals surface area contributed by atoms with E-state index in [4.69, 9.17) is 11.6 Å². The van der Waals surface area contributed by atoms with Crippen LogP contribution in [0.1, 0.15) is 15.4 Å². The molecule has 0 aliphatic heterocycles. The Morgan fingerprint density at radius 1 is 1.37 bits per heavy atom. The molecule has 2 N–H and O–H groups in total. The molecule has 0 spiro atoms. The van der Waals surface area contributed by atoms with Crippen molar-refractivity contribution in [3.63, 3.8) is 0 Å². The van der Waals surface area contributed by atoms with Crippen molar-refractivity contribution < 1.29 is 0 Å². The van der Waals surface area contributed by atoms with Gasteiger partial charge >= 0.3 is 0 Å². The minimum atomic E-state index is 0.757. The van der Waals surface area contributed by atoms with Crippen molar-refractivity contribution in [2.24, 2.45) is 0 Å². The van der Waals surface area contributed by atoms with E-state index in [0.29, 0.717) is 0 Å². The molecule has 98 valence electrons. The Morgan fingerprint density at radius 2 is 2.26 bits per heavy atom. The molecule has 3 rings (SSSR count). The van der Waals surface area contributed by atoms with Crippen LogP contribution in [0.3, 0.4) is 0 Å². The minimum absolute atomic E-state index is 0.757. The predicted molar refractivity (Wildman–Crippen MR) is 80.7 cm³/mol. The van der Waals surface area contributed by atoms with Crippen molar-refractivity contribution in [2.75, 3.05) is 0 Å². The summed E-state index contributed by atoms with van der Waals surface area (Å²) in [7, 11) is 0. The van der Waals surface area contributed by atoms with E-state index < -0.39 is 0 Å². The maximum Gasteiger partial charge on any atom is 0.107 e. The molecule has 3 nitrogen and oxygen atoms in total. The number of hydrogen-bond acceptors (Lipinski definition) is 3. The Hall–Kier alpha value is -1.36. The maximum absolute atomic E-state index is 5.97. The predicted octanol–water partition coefficient (Wildman–Crippen LogP) is 3.88. The fourth-order valence-corrected chi connectivity index (χ4v) is 3.02. The standard InChI is InChI=1S/C14H14ClN3S/c1-9-5-18-14(19-9)8-16-6-10-7-17-13-4-11(15)2-3-12(10)13/h2-5,7,16-17H,6,8H2,1H3. The molecule has 0 atom stereocenters. The molecule has 0 radical (unpaired) electrons. The molecule has 0 amide bonds. The summed E-state index contributed by atoms with van der Waals surface area (Å²) in [5.74, 6) is 0. The highest BCUT2D eigenvalue weighted by Gasteiger charge is 2.04. The molecule has 0 aliphatic carbocycles. The van der Waals surface area contributed by atoms with Crippen LogP contribution in [-0.4, -0.2) is 9.97 Å². The lowest BCUT2D eigenvalue weighted by molar-refractivity contribution is 0.693. The molecule has 0 saturated carbocycles. The van der Waals surface area contributed by atoms with Crippen LogP contribution in [-0.2, 0) is 13.1 Å². The number of rotatable bonds is 4. The van der Waals surface area contributed by atoms with Crippen molar-refractivity contribution in [3.8, 4) is 0 Å². The van der Waals surface area contributed by atoms with Gasteiger partial charge in [-0.05, 0) is 24.6 Å². The summed E-state index contributed by atoms with van der Waals surface area (Å²) in [4.78, 5) is 8.83. The third-order valence-corrected chi connectivity index (χ3v) is 4.14. The van der Waals surface area contributed by atoms with Gasteiger partial charge in [-0.15, -0.1) is 11.3 Å². The van der Waals surface area contributed by atoms with Crippen LogP contribution in [0.4, 0.5) is 0 Å². The van der Waals surface area contributed by atoms with Crippen molar-refractivity contribution in [2.45, 2.75) is 20.0 Å². The van der Waals surface area contributed by atoms with Crippen LogP contribution in [0, 0.1) is 6.92 Å². The molecule has 0 fully saturated rings. The normalized spacial score (nSPS) is 11.3. The van der Waals surface area contributed by atoms with E-state index in [0.717, 1.165) is 28.6 Å². The monoisotopic (exact) mass is 291 g/mol. The molecule has 0 saturated heterocycles. The van der Waals surface area contributed by atoms with Crippen molar-refractivity contribution in [3.05, 3.63) is 51.1 Å². The van der Waals surface area contributed by atoms with Crippen LogP contribution in [0.25, 0.3) is 10.9 Å². The Balaban J connectivity index is 1.68. The highest BCUT2D eigenvalue weighted by Crippen LogP contribution is 2.22. The van der Waals surface area contributed by atoms with Crippen LogP contribution in [0.5, 0.6) is 0 Å². The van der Waals surface area contributed by atoms with E-state index in [1.165, 1.54) is 15.8 Å². The molecule has 5 heteroatoms. The van der Waals surface area contributed by atoms with Gasteiger partial charge in [-0.2, -0.15) is 0 Å². The second-order valence-electron chi connectivity index (χ2n) is 4.47. The summed E-state index contributed by atoms with van der Waals surface area (Å²) < 4.78 is 0. The van der Waals surface area contributed by atoms with Gasteiger partial charge in [0, 0.05) is 46.3 Å². The second kappa shape index (κ2) is 5.33. The van der Waals surface area contributed by atoms with Gasteiger partial charge in [-0.3, -0.25) is 0 Å². The molecule has 2 aromatic heterocycles. The fourth-order valence-electron chi connectivity index (χ4n) is 2.09. The van der Waals surface area contributed by atoms with Gasteiger partial charge in [0.15, 0.2) is 0 Å². The summed E-state index contributed by atoms with van der Waals surface area (Å²) >= 11 is 7.70. The van der Waals surface area contributed by atoms with Gasteiger partial charge in [0.05, 0.1) is 0 Å². The average Bonchev–Trinajstić information content (AvgIpc) is 2.96. The first-order chi connectivity index (χ1) is 9.22. The van der Waals surface area contributed by atoms with Gasteiger partial charge in [-0.1, -0.05) is 17.7 Å². The Bertz CT molecular complexity index is 702. The SMILES string of the molecule is Cc1cnc(CNCc2c[nH]c3cc(Cl)ccc23)s1. The molecule has 0 aliphatic rings. The number of benzene rings is 1. The number of aryl methyl sites for hydroxylation is 1. The number of aromatic nitrogens is 2. The zero-order chi connectivity index (χ0) is 13.2. The Morgan fingerprint density at radius 3 is 3.05 bits per heavy atom. The van der Waals surface area contributed by atoms with Crippen molar-refractivity contribution >= 4 is 33.8 Å². The van der Waals surface area contributed by atoms with E-state index in [1.807, 2.05) is 24.5 Å². The average molecular weight is 292 g/mol. The third-order valence-electron chi connectivity index (χ3n) is 2.99. The highest BCUT2D eigenvalue weighted by molar-refractivity contribution is 7.11. The summed E-state index contributed by atoms with van der Waals surface area (Å²) in [6.07, 6.45) is 3.94. The number of fused-ring (bicyclic) bond motifs is 1. The summed E-state index contributed by atoms with van der Waals surface area (Å²) in [6, 6.07) is 5.93. The second-order valence-corrected chi connectivity index (χ2v) is 6.23. The van der Waals surface area contributed by atoms with Gasteiger partial charge in [0.2, 0.25) is 0 Å². The van der Waals surface area contributed by atoms with Crippen LogP contribution in [0.2, 0.25) is 5.02 Å². The van der Waals surface area contributed by atoms with Gasteiger partial charge in [0.25, 0.3) is 0 Å². The topological polar surface area (TPSA) is 40.7 Å². The molecule has 1 aromatic carbocycles. The minimum Gasteiger partial charge on any atom is -0.361 e. The lowest BCUT2D eigenvalue weighted by Crippen LogP contribution is -2.12. The molecular formula is C14H14ClN3S. The summed E-state index contributed by atoms with van der Waals surface area (Å²) in [5.41, 5.74) is 2.33. The summed E-state index contributed by atoms with van der Waals surface area (Å²) in [5, 5.41) is 6.52. The quantitative estimate of drug-likeness (QED) is 0.766. The van der Waals surface area contributed by atoms with Crippen LogP contribution in [0.15, 0.2) is 30.6 Å². The number of thiazole rings is 1. The maximum atomic E-state index is 5.97. The first-order valence-corrected chi connectivity index (χ1v) is 7.29. The molecule has 19 heavy (non-hydrogen) atoms. The van der Waals surface area contributed by atoms with E-state index in [9.17, 15) is 0 Å². The Labute approximate surface area is 120 Å². The molecule has 0 bridgehead atoms. The first kappa shape index (κ1) is 12.7. The largest absolute Gasteiger partial charge is 0.361 e. The number of nitrogens with one attached hydrogen (secondary N) is 2. The smallest absolute Gasteiger partial charge is 0.107 e. The lowest BCUT2D eigenvalue weighted by atomic mass is 10.2. The number of nitrogens with zero attached hydrogens (tertiary/aromatic N) is 1. The zero-order valence-electron chi connectivity index (χ0n) is 10.5. The van der Waals surface area contributed by atoms with E-state index in [1.54, 1.807) is 11.3 Å². The fraction of sp³-hybridized carbons (Fsp3) is 0.214.